The molecule has 0 radical (unpaired) electrons. The van der Waals surface area contributed by atoms with E-state index in [1.807, 2.05) is 0 Å². The highest BCUT2D eigenvalue weighted by Crippen LogP contribution is 2.13. The highest BCUT2D eigenvalue weighted by atomic mass is 19.3. The number of nitrogens with one attached hydrogen (secondary N) is 1. The van der Waals surface area contributed by atoms with Crippen molar-refractivity contribution >= 4 is 17.7 Å². The Morgan fingerprint density at radius 3 is 2.68 bits per heavy atom. The molecule has 0 aliphatic rings. The van der Waals surface area contributed by atoms with Gasteiger partial charge in [-0.25, -0.2) is 13.6 Å². The Hall–Kier alpha value is -2.78. The molecule has 2 N–H and O–H groups in total. The van der Waals surface area contributed by atoms with Gasteiger partial charge >= 0.3 is 5.97 Å². The zero-order valence-corrected chi connectivity index (χ0v) is 11.7. The van der Waals surface area contributed by atoms with E-state index in [-0.39, 0.29) is 17.1 Å². The Morgan fingerprint density at radius 1 is 1.41 bits per heavy atom. The number of anilines is 1. The van der Waals surface area contributed by atoms with Crippen LogP contribution in [-0.4, -0.2) is 43.0 Å². The van der Waals surface area contributed by atoms with E-state index in [9.17, 15) is 18.4 Å². The molecule has 118 valence electrons. The number of aromatic carboxylic acids is 1. The van der Waals surface area contributed by atoms with E-state index in [2.05, 4.69) is 15.5 Å². The molecule has 8 nitrogen and oxygen atoms in total. The van der Waals surface area contributed by atoms with E-state index in [4.69, 9.17) is 5.11 Å². The second-order valence-electron chi connectivity index (χ2n) is 4.57. The normalized spacial score (nSPS) is 11.0. The van der Waals surface area contributed by atoms with Gasteiger partial charge in [0.1, 0.15) is 12.1 Å². The van der Waals surface area contributed by atoms with Gasteiger partial charge in [0.2, 0.25) is 0 Å². The zero-order valence-electron chi connectivity index (χ0n) is 11.7. The van der Waals surface area contributed by atoms with Crippen LogP contribution in [0.15, 0.2) is 12.3 Å². The van der Waals surface area contributed by atoms with Crippen molar-refractivity contribution in [3.63, 3.8) is 0 Å². The summed E-state index contributed by atoms with van der Waals surface area (Å²) in [5.74, 6) is -2.03. The van der Waals surface area contributed by atoms with E-state index in [0.29, 0.717) is 5.69 Å². The minimum absolute atomic E-state index is 0.0464. The third-order valence-electron chi connectivity index (χ3n) is 2.81. The molecule has 22 heavy (non-hydrogen) atoms. The summed E-state index contributed by atoms with van der Waals surface area (Å²) in [7, 11) is 1.48. The lowest BCUT2D eigenvalue weighted by Gasteiger charge is -2.02. The summed E-state index contributed by atoms with van der Waals surface area (Å²) in [6.07, 6.45) is -1.38. The Balaban J connectivity index is 2.21. The molecular weight excluding hydrogens is 300 g/mol. The second kappa shape index (κ2) is 5.92. The van der Waals surface area contributed by atoms with Crippen LogP contribution in [0.4, 0.5) is 14.6 Å². The molecule has 2 rings (SSSR count). The molecule has 2 heterocycles. The lowest BCUT2D eigenvalue weighted by atomic mass is 10.2. The fraction of sp³-hybridized carbons (Fsp3) is 0.333. The number of carbonyl (C=O) groups excluding carboxylic acids is 1. The van der Waals surface area contributed by atoms with Crippen molar-refractivity contribution in [1.82, 2.24) is 19.6 Å². The molecular formula is C12H13F2N5O3. The predicted octanol–water partition coefficient (Wildman–Crippen LogP) is 1.14. The maximum Gasteiger partial charge on any atom is 0.339 e. The minimum Gasteiger partial charge on any atom is -0.478 e. The topological polar surface area (TPSA) is 102 Å². The van der Waals surface area contributed by atoms with E-state index in [0.717, 1.165) is 4.68 Å². The molecule has 10 heteroatoms. The van der Waals surface area contributed by atoms with Crippen molar-refractivity contribution in [2.75, 3.05) is 5.32 Å². The molecule has 0 spiro atoms. The third-order valence-corrected chi connectivity index (χ3v) is 2.81. The van der Waals surface area contributed by atoms with E-state index < -0.39 is 24.8 Å². The number of hydrogen-bond acceptors (Lipinski definition) is 4. The van der Waals surface area contributed by atoms with Crippen LogP contribution >= 0.6 is 0 Å². The van der Waals surface area contributed by atoms with Crippen LogP contribution in [-0.2, 0) is 13.6 Å². The molecule has 0 atom stereocenters. The Kier molecular flexibility index (Phi) is 4.20. The smallest absolute Gasteiger partial charge is 0.339 e. The summed E-state index contributed by atoms with van der Waals surface area (Å²) in [5, 5.41) is 18.9. The summed E-state index contributed by atoms with van der Waals surface area (Å²) in [4.78, 5) is 23.1. The number of nitrogens with zero attached hydrogens (tertiary/aromatic N) is 4. The van der Waals surface area contributed by atoms with Gasteiger partial charge < -0.3 is 10.4 Å². The van der Waals surface area contributed by atoms with Crippen LogP contribution in [0.2, 0.25) is 0 Å². The summed E-state index contributed by atoms with van der Waals surface area (Å²) in [6, 6.07) is 1.41. The highest BCUT2D eigenvalue weighted by molar-refractivity contribution is 6.08. The third kappa shape index (κ3) is 3.27. The van der Waals surface area contributed by atoms with Crippen LogP contribution in [0.1, 0.15) is 26.5 Å². The van der Waals surface area contributed by atoms with Crippen molar-refractivity contribution in [2.24, 2.45) is 7.05 Å². The van der Waals surface area contributed by atoms with Gasteiger partial charge in [-0.05, 0) is 6.92 Å². The monoisotopic (exact) mass is 313 g/mol. The number of carbonyl (C=O) groups is 2. The fourth-order valence-corrected chi connectivity index (χ4v) is 1.87. The zero-order chi connectivity index (χ0) is 16.4. The van der Waals surface area contributed by atoms with Crippen molar-refractivity contribution in [3.8, 4) is 0 Å². The molecule has 0 unspecified atom stereocenters. The number of hydrogen-bond donors (Lipinski definition) is 2. The molecule has 0 aliphatic heterocycles. The van der Waals surface area contributed by atoms with Crippen LogP contribution in [0.5, 0.6) is 0 Å². The molecule has 2 aromatic rings. The number of carboxylic acids is 1. The molecule has 2 aromatic heterocycles. The molecule has 0 saturated carbocycles. The summed E-state index contributed by atoms with van der Waals surface area (Å²) in [5.41, 5.74) is -0.102. The highest BCUT2D eigenvalue weighted by Gasteiger charge is 2.22. The van der Waals surface area contributed by atoms with Gasteiger partial charge in [0.05, 0.1) is 0 Å². The van der Waals surface area contributed by atoms with Gasteiger partial charge in [-0.15, -0.1) is 0 Å². The van der Waals surface area contributed by atoms with Gasteiger partial charge in [-0.3, -0.25) is 14.2 Å². The van der Waals surface area contributed by atoms with Crippen molar-refractivity contribution < 1.29 is 23.5 Å². The molecule has 0 bridgehead atoms. The van der Waals surface area contributed by atoms with E-state index >= 15 is 0 Å². The Bertz CT molecular complexity index is 722. The van der Waals surface area contributed by atoms with E-state index in [1.54, 1.807) is 6.92 Å². The number of alkyl halides is 2. The number of carboxylic acid groups (broad SMARTS) is 1. The maximum atomic E-state index is 12.4. The Morgan fingerprint density at radius 2 is 2.09 bits per heavy atom. The van der Waals surface area contributed by atoms with Crippen molar-refractivity contribution in [1.29, 1.82) is 0 Å². The van der Waals surface area contributed by atoms with Crippen LogP contribution < -0.4 is 5.32 Å². The first-order valence-corrected chi connectivity index (χ1v) is 6.19. The predicted molar refractivity (Wildman–Crippen MR) is 71.1 cm³/mol. The average Bonchev–Trinajstić information content (AvgIpc) is 2.93. The average molecular weight is 313 g/mol. The Labute approximate surface area is 123 Å². The summed E-state index contributed by atoms with van der Waals surface area (Å²) < 4.78 is 27.0. The lowest BCUT2D eigenvalue weighted by molar-refractivity contribution is 0.0692. The maximum absolute atomic E-state index is 12.4. The van der Waals surface area contributed by atoms with E-state index in [1.165, 1.54) is 24.0 Å². The first-order valence-electron chi connectivity index (χ1n) is 6.19. The number of aryl methyl sites for hydroxylation is 2. The van der Waals surface area contributed by atoms with Crippen LogP contribution in [0.3, 0.4) is 0 Å². The minimum atomic E-state index is -2.57. The van der Waals surface area contributed by atoms with Gasteiger partial charge in [0, 0.05) is 25.0 Å². The lowest BCUT2D eigenvalue weighted by Crippen LogP contribution is -2.17. The molecule has 0 saturated heterocycles. The van der Waals surface area contributed by atoms with Crippen molar-refractivity contribution in [3.05, 3.63) is 29.2 Å². The largest absolute Gasteiger partial charge is 0.478 e. The standard InChI is InChI=1S/C12H13F2N5O3/c1-6-3-9(16-19(6)5-8(13)14)15-11(20)10-7(12(21)22)4-18(2)17-10/h3-4,8H,5H2,1-2H3,(H,21,22)(H,15,16,20). The van der Waals surface area contributed by atoms with Gasteiger partial charge in [0.15, 0.2) is 11.5 Å². The number of halogens is 2. The van der Waals surface area contributed by atoms with Crippen LogP contribution in [0.25, 0.3) is 0 Å². The number of aromatic nitrogens is 4. The first kappa shape index (κ1) is 15.6. The van der Waals surface area contributed by atoms with Gasteiger partial charge in [-0.1, -0.05) is 0 Å². The van der Waals surface area contributed by atoms with Gasteiger partial charge in [0.25, 0.3) is 12.3 Å². The summed E-state index contributed by atoms with van der Waals surface area (Å²) >= 11 is 0. The van der Waals surface area contributed by atoms with Gasteiger partial charge in [-0.2, -0.15) is 10.2 Å². The second-order valence-corrected chi connectivity index (χ2v) is 4.57. The van der Waals surface area contributed by atoms with Crippen LogP contribution in [0, 0.1) is 6.92 Å². The number of rotatable bonds is 5. The fourth-order valence-electron chi connectivity index (χ4n) is 1.87. The molecule has 0 aliphatic carbocycles. The summed E-state index contributed by atoms with van der Waals surface area (Å²) in [6.45, 7) is 0.972. The molecule has 0 fully saturated rings. The van der Waals surface area contributed by atoms with Crippen molar-refractivity contribution in [2.45, 2.75) is 19.9 Å². The first-order chi connectivity index (χ1) is 10.3. The molecule has 1 amide bonds. The number of amides is 1. The quantitative estimate of drug-likeness (QED) is 0.862. The molecule has 0 aromatic carbocycles. The SMILES string of the molecule is Cc1cc(NC(=O)c2nn(C)cc2C(=O)O)nn1CC(F)F.